The molecule has 1 fully saturated rings. The molecule has 0 aliphatic heterocycles. The Balaban J connectivity index is 1.49. The molecule has 0 spiro atoms. The van der Waals surface area contributed by atoms with Gasteiger partial charge in [0.25, 0.3) is 5.91 Å². The van der Waals surface area contributed by atoms with Gasteiger partial charge in [0, 0.05) is 23.4 Å². The highest BCUT2D eigenvalue weighted by Crippen LogP contribution is 2.24. The fraction of sp³-hybridized carbons (Fsp3) is 0.412. The van der Waals surface area contributed by atoms with Crippen LogP contribution in [-0.2, 0) is 6.61 Å². The van der Waals surface area contributed by atoms with Gasteiger partial charge < -0.3 is 15.2 Å². The van der Waals surface area contributed by atoms with Crippen LogP contribution in [0.2, 0.25) is 0 Å². The van der Waals surface area contributed by atoms with E-state index in [1.807, 2.05) is 5.38 Å². The van der Waals surface area contributed by atoms with E-state index in [2.05, 4.69) is 10.3 Å². The summed E-state index contributed by atoms with van der Waals surface area (Å²) in [6.45, 7) is 0.955. The zero-order valence-electron chi connectivity index (χ0n) is 12.8. The lowest BCUT2D eigenvalue weighted by atomic mass is 10.1. The van der Waals surface area contributed by atoms with Crippen LogP contribution in [-0.4, -0.2) is 28.6 Å². The Morgan fingerprint density at radius 2 is 2.17 bits per heavy atom. The van der Waals surface area contributed by atoms with Gasteiger partial charge in [0.15, 0.2) is 0 Å². The van der Waals surface area contributed by atoms with Crippen LogP contribution in [0.4, 0.5) is 0 Å². The Morgan fingerprint density at radius 1 is 1.35 bits per heavy atom. The number of aromatic nitrogens is 1. The van der Waals surface area contributed by atoms with Crippen molar-refractivity contribution in [3.05, 3.63) is 46.4 Å². The summed E-state index contributed by atoms with van der Waals surface area (Å²) in [6, 6.07) is 7.06. The van der Waals surface area contributed by atoms with Gasteiger partial charge in [-0.2, -0.15) is 0 Å². The average molecular weight is 332 g/mol. The van der Waals surface area contributed by atoms with Gasteiger partial charge in [-0.3, -0.25) is 4.79 Å². The summed E-state index contributed by atoms with van der Waals surface area (Å²) in [7, 11) is 0. The quantitative estimate of drug-likeness (QED) is 0.853. The van der Waals surface area contributed by atoms with E-state index in [9.17, 15) is 9.90 Å². The third-order valence-corrected chi connectivity index (χ3v) is 4.77. The predicted octanol–water partition coefficient (Wildman–Crippen LogP) is 2.61. The molecule has 3 rings (SSSR count). The maximum atomic E-state index is 12.1. The Kier molecular flexibility index (Phi) is 5.25. The summed E-state index contributed by atoms with van der Waals surface area (Å²) in [6.07, 6.45) is 2.57. The molecule has 23 heavy (non-hydrogen) atoms. The number of hydrogen-bond acceptors (Lipinski definition) is 5. The highest BCUT2D eigenvalue weighted by Gasteiger charge is 2.25. The number of nitrogens with zero attached hydrogens (tertiary/aromatic N) is 1. The number of benzene rings is 1. The number of rotatable bonds is 6. The maximum Gasteiger partial charge on any atom is 0.251 e. The fourth-order valence-corrected chi connectivity index (χ4v) is 3.29. The molecule has 0 bridgehead atoms. The Morgan fingerprint density at radius 3 is 2.83 bits per heavy atom. The number of thiazole rings is 1. The second-order valence-corrected chi connectivity index (χ2v) is 6.48. The SMILES string of the molecule is O=C(NCC1CCCC1O)c1ccc(OCc2cscn2)cc1. The molecule has 2 unspecified atom stereocenters. The van der Waals surface area contributed by atoms with Crippen molar-refractivity contribution >= 4 is 17.2 Å². The second-order valence-electron chi connectivity index (χ2n) is 5.76. The van der Waals surface area contributed by atoms with Crippen LogP contribution in [0.3, 0.4) is 0 Å². The molecule has 1 aliphatic rings. The first-order valence-electron chi connectivity index (χ1n) is 7.78. The van der Waals surface area contributed by atoms with E-state index >= 15 is 0 Å². The number of nitrogens with one attached hydrogen (secondary N) is 1. The number of hydrogen-bond donors (Lipinski definition) is 2. The van der Waals surface area contributed by atoms with Crippen molar-refractivity contribution in [2.45, 2.75) is 32.0 Å². The van der Waals surface area contributed by atoms with E-state index in [1.165, 1.54) is 11.3 Å². The third-order valence-electron chi connectivity index (χ3n) is 4.13. The molecular formula is C17H20N2O3S. The van der Waals surface area contributed by atoms with Crippen LogP contribution in [0.15, 0.2) is 35.2 Å². The molecule has 0 saturated heterocycles. The molecule has 6 heteroatoms. The second kappa shape index (κ2) is 7.57. The summed E-state index contributed by atoms with van der Waals surface area (Å²) in [5, 5.41) is 14.6. The van der Waals surface area contributed by atoms with Crippen LogP contribution in [0.25, 0.3) is 0 Å². The van der Waals surface area contributed by atoms with Gasteiger partial charge in [-0.1, -0.05) is 6.42 Å². The van der Waals surface area contributed by atoms with Crippen LogP contribution in [0, 0.1) is 5.92 Å². The topological polar surface area (TPSA) is 71.5 Å². The highest BCUT2D eigenvalue weighted by atomic mass is 32.1. The summed E-state index contributed by atoms with van der Waals surface area (Å²) in [5.41, 5.74) is 3.26. The first kappa shape index (κ1) is 16.0. The lowest BCUT2D eigenvalue weighted by Gasteiger charge is -2.15. The van der Waals surface area contributed by atoms with Crippen molar-refractivity contribution in [1.82, 2.24) is 10.3 Å². The molecule has 1 aromatic carbocycles. The number of aliphatic hydroxyl groups excluding tert-OH is 1. The highest BCUT2D eigenvalue weighted by molar-refractivity contribution is 7.07. The van der Waals surface area contributed by atoms with Crippen molar-refractivity contribution in [2.24, 2.45) is 5.92 Å². The normalized spacial score (nSPS) is 20.4. The van der Waals surface area contributed by atoms with Crippen molar-refractivity contribution in [2.75, 3.05) is 6.54 Å². The smallest absolute Gasteiger partial charge is 0.251 e. The Hall–Kier alpha value is -1.92. The van der Waals surface area contributed by atoms with Gasteiger partial charge in [0.2, 0.25) is 0 Å². The zero-order chi connectivity index (χ0) is 16.1. The summed E-state index contributed by atoms with van der Waals surface area (Å²) in [5.74, 6) is 0.774. The lowest BCUT2D eigenvalue weighted by molar-refractivity contribution is 0.0917. The molecule has 5 nitrogen and oxygen atoms in total. The molecule has 2 aromatic rings. The Bertz CT molecular complexity index is 628. The number of carbonyl (C=O) groups excluding carboxylic acids is 1. The summed E-state index contributed by atoms with van der Waals surface area (Å²) >= 11 is 1.54. The van der Waals surface area contributed by atoms with Crippen LogP contribution < -0.4 is 10.1 Å². The molecule has 1 amide bonds. The van der Waals surface area contributed by atoms with E-state index in [1.54, 1.807) is 29.8 Å². The van der Waals surface area contributed by atoms with E-state index in [4.69, 9.17) is 4.74 Å². The fourth-order valence-electron chi connectivity index (χ4n) is 2.75. The minimum Gasteiger partial charge on any atom is -0.487 e. The van der Waals surface area contributed by atoms with E-state index in [0.29, 0.717) is 24.5 Å². The van der Waals surface area contributed by atoms with Crippen LogP contribution in [0.5, 0.6) is 5.75 Å². The molecule has 0 radical (unpaired) electrons. The monoisotopic (exact) mass is 332 g/mol. The van der Waals surface area contributed by atoms with Crippen molar-refractivity contribution in [1.29, 1.82) is 0 Å². The van der Waals surface area contributed by atoms with Gasteiger partial charge in [-0.05, 0) is 37.1 Å². The molecule has 2 atom stereocenters. The standard InChI is InChI=1S/C17H20N2O3S/c20-16-3-1-2-13(16)8-18-17(21)12-4-6-15(7-5-12)22-9-14-10-23-11-19-14/h4-7,10-11,13,16,20H,1-3,8-9H2,(H,18,21). The van der Waals surface area contributed by atoms with E-state index in [-0.39, 0.29) is 17.9 Å². The van der Waals surface area contributed by atoms with Gasteiger partial charge >= 0.3 is 0 Å². The van der Waals surface area contributed by atoms with Crippen molar-refractivity contribution in [3.8, 4) is 5.75 Å². The molecule has 1 aromatic heterocycles. The number of ether oxygens (including phenoxy) is 1. The first-order valence-corrected chi connectivity index (χ1v) is 8.73. The molecule has 1 heterocycles. The molecule has 122 valence electrons. The van der Waals surface area contributed by atoms with Crippen LogP contribution >= 0.6 is 11.3 Å². The maximum absolute atomic E-state index is 12.1. The van der Waals surface area contributed by atoms with Crippen LogP contribution in [0.1, 0.15) is 35.3 Å². The zero-order valence-corrected chi connectivity index (χ0v) is 13.6. The van der Waals surface area contributed by atoms with Crippen molar-refractivity contribution in [3.63, 3.8) is 0 Å². The molecular weight excluding hydrogens is 312 g/mol. The van der Waals surface area contributed by atoms with Crippen molar-refractivity contribution < 1.29 is 14.6 Å². The molecule has 2 N–H and O–H groups in total. The minimum atomic E-state index is -0.281. The van der Waals surface area contributed by atoms with E-state index < -0.39 is 0 Å². The predicted molar refractivity (Wildman–Crippen MR) is 88.6 cm³/mol. The molecule has 1 saturated carbocycles. The summed E-state index contributed by atoms with van der Waals surface area (Å²) in [4.78, 5) is 16.3. The first-order chi connectivity index (χ1) is 11.2. The third kappa shape index (κ3) is 4.30. The van der Waals surface area contributed by atoms with Gasteiger partial charge in [0.1, 0.15) is 12.4 Å². The van der Waals surface area contributed by atoms with E-state index in [0.717, 1.165) is 25.0 Å². The van der Waals surface area contributed by atoms with Gasteiger partial charge in [-0.15, -0.1) is 11.3 Å². The molecule has 1 aliphatic carbocycles. The van der Waals surface area contributed by atoms with Gasteiger partial charge in [-0.25, -0.2) is 4.98 Å². The number of aliphatic hydroxyl groups is 1. The lowest BCUT2D eigenvalue weighted by Crippen LogP contribution is -2.32. The largest absolute Gasteiger partial charge is 0.487 e. The van der Waals surface area contributed by atoms with Gasteiger partial charge in [0.05, 0.1) is 17.3 Å². The number of carbonyl (C=O) groups is 1. The summed E-state index contributed by atoms with van der Waals surface area (Å²) < 4.78 is 5.62. The average Bonchev–Trinajstić information content (AvgIpc) is 3.23. The number of amides is 1. The minimum absolute atomic E-state index is 0.116. The Labute approximate surface area is 139 Å².